The second-order valence-electron chi connectivity index (χ2n) is 4.94. The number of hydrogen-bond acceptors (Lipinski definition) is 2. The van der Waals surface area contributed by atoms with Gasteiger partial charge in [-0.1, -0.05) is 39.8 Å². The van der Waals surface area contributed by atoms with Gasteiger partial charge in [0.15, 0.2) is 0 Å². The van der Waals surface area contributed by atoms with Crippen molar-refractivity contribution in [1.29, 1.82) is 0 Å². The van der Waals surface area contributed by atoms with E-state index in [0.29, 0.717) is 6.04 Å². The predicted octanol–water partition coefficient (Wildman–Crippen LogP) is 4.99. The summed E-state index contributed by atoms with van der Waals surface area (Å²) >= 11 is 4.90. The highest BCUT2D eigenvalue weighted by Gasteiger charge is 2.21. The van der Waals surface area contributed by atoms with Crippen LogP contribution in [-0.2, 0) is 6.54 Å². The summed E-state index contributed by atoms with van der Waals surface area (Å²) in [6, 6.07) is 13.9. The Bertz CT molecular complexity index is 596. The van der Waals surface area contributed by atoms with Crippen LogP contribution in [0.2, 0.25) is 0 Å². The van der Waals surface area contributed by atoms with Crippen molar-refractivity contribution in [3.63, 3.8) is 0 Å². The van der Waals surface area contributed by atoms with Crippen LogP contribution >= 0.6 is 27.7 Å². The highest BCUT2D eigenvalue weighted by molar-refractivity contribution is 9.10. The third kappa shape index (κ3) is 3.62. The van der Waals surface area contributed by atoms with Crippen LogP contribution in [0.3, 0.4) is 0 Å². The molecule has 4 heteroatoms. The third-order valence-electron chi connectivity index (χ3n) is 3.24. The lowest BCUT2D eigenvalue weighted by Gasteiger charge is -2.11. The Kier molecular flexibility index (Phi) is 4.44. The average Bonchev–Trinajstić information content (AvgIpc) is 3.26. The molecule has 0 aliphatic heterocycles. The molecule has 1 nitrogen and oxygen atoms in total. The first-order valence-electron chi connectivity index (χ1n) is 6.66. The smallest absolute Gasteiger partial charge is 0.137 e. The molecule has 0 heterocycles. The number of benzene rings is 2. The largest absolute Gasteiger partial charge is 0.310 e. The topological polar surface area (TPSA) is 12.0 Å². The van der Waals surface area contributed by atoms with E-state index in [4.69, 9.17) is 0 Å². The molecule has 1 aliphatic carbocycles. The molecule has 1 N–H and O–H groups in total. The summed E-state index contributed by atoms with van der Waals surface area (Å²) in [5.74, 6) is -0.145. The van der Waals surface area contributed by atoms with Gasteiger partial charge in [-0.25, -0.2) is 4.39 Å². The number of nitrogens with one attached hydrogen (secondary N) is 1. The summed E-state index contributed by atoms with van der Waals surface area (Å²) in [6.45, 7) is 0.737. The molecule has 1 fully saturated rings. The van der Waals surface area contributed by atoms with E-state index in [0.717, 1.165) is 26.4 Å². The monoisotopic (exact) mass is 351 g/mol. The molecule has 0 spiro atoms. The van der Waals surface area contributed by atoms with Crippen LogP contribution in [0, 0.1) is 5.82 Å². The first kappa shape index (κ1) is 14.1. The van der Waals surface area contributed by atoms with Crippen LogP contribution in [0.5, 0.6) is 0 Å². The van der Waals surface area contributed by atoms with Crippen molar-refractivity contribution in [1.82, 2.24) is 5.32 Å². The van der Waals surface area contributed by atoms with Gasteiger partial charge in [-0.05, 0) is 48.7 Å². The van der Waals surface area contributed by atoms with E-state index in [-0.39, 0.29) is 5.82 Å². The Balaban J connectivity index is 1.80. The molecular weight excluding hydrogens is 337 g/mol. The molecule has 0 unspecified atom stereocenters. The maximum Gasteiger partial charge on any atom is 0.137 e. The summed E-state index contributed by atoms with van der Waals surface area (Å²) in [5, 5.41) is 3.45. The van der Waals surface area contributed by atoms with E-state index in [1.807, 2.05) is 30.3 Å². The molecule has 0 aromatic heterocycles. The van der Waals surface area contributed by atoms with E-state index < -0.39 is 0 Å². The maximum absolute atomic E-state index is 14.1. The van der Waals surface area contributed by atoms with Crippen LogP contribution in [0.4, 0.5) is 4.39 Å². The Morgan fingerprint density at radius 2 is 1.90 bits per heavy atom. The summed E-state index contributed by atoms with van der Waals surface area (Å²) in [6.07, 6.45) is 2.48. The molecular formula is C16H15BrFNS. The molecule has 0 saturated heterocycles. The maximum atomic E-state index is 14.1. The average molecular weight is 352 g/mol. The van der Waals surface area contributed by atoms with Crippen molar-refractivity contribution >= 4 is 27.7 Å². The van der Waals surface area contributed by atoms with Gasteiger partial charge in [0.25, 0.3) is 0 Å². The van der Waals surface area contributed by atoms with Gasteiger partial charge in [-0.2, -0.15) is 0 Å². The molecule has 0 atom stereocenters. The zero-order valence-electron chi connectivity index (χ0n) is 10.9. The number of rotatable bonds is 5. The summed E-state index contributed by atoms with van der Waals surface area (Å²) < 4.78 is 15.1. The van der Waals surface area contributed by atoms with Gasteiger partial charge in [-0.3, -0.25) is 0 Å². The van der Waals surface area contributed by atoms with Crippen LogP contribution < -0.4 is 5.32 Å². The van der Waals surface area contributed by atoms with E-state index in [1.54, 1.807) is 6.07 Å². The Hall–Kier alpha value is -0.840. The fraction of sp³-hybridized carbons (Fsp3) is 0.250. The van der Waals surface area contributed by atoms with Crippen LogP contribution in [0.25, 0.3) is 0 Å². The van der Waals surface area contributed by atoms with Crippen molar-refractivity contribution in [3.05, 3.63) is 58.3 Å². The van der Waals surface area contributed by atoms with Crippen molar-refractivity contribution in [3.8, 4) is 0 Å². The lowest BCUT2D eigenvalue weighted by Crippen LogP contribution is -2.16. The van der Waals surface area contributed by atoms with Crippen LogP contribution in [0.15, 0.2) is 56.7 Å². The van der Waals surface area contributed by atoms with Gasteiger partial charge >= 0.3 is 0 Å². The minimum absolute atomic E-state index is 0.145. The molecule has 0 amide bonds. The van der Waals surface area contributed by atoms with Gasteiger partial charge in [0.05, 0.1) is 4.90 Å². The lowest BCUT2D eigenvalue weighted by molar-refractivity contribution is 0.589. The minimum atomic E-state index is -0.145. The Labute approximate surface area is 131 Å². The van der Waals surface area contributed by atoms with Gasteiger partial charge in [-0.15, -0.1) is 0 Å². The van der Waals surface area contributed by atoms with E-state index in [2.05, 4.69) is 21.2 Å². The quantitative estimate of drug-likeness (QED) is 0.814. The summed E-state index contributed by atoms with van der Waals surface area (Å²) in [4.78, 5) is 1.77. The van der Waals surface area contributed by atoms with Gasteiger partial charge in [0, 0.05) is 22.0 Å². The zero-order valence-corrected chi connectivity index (χ0v) is 13.3. The number of hydrogen-bond donors (Lipinski definition) is 1. The van der Waals surface area contributed by atoms with Gasteiger partial charge in [0.1, 0.15) is 5.82 Å². The Morgan fingerprint density at radius 1 is 1.15 bits per heavy atom. The standard InChI is InChI=1S/C16H15BrFNS/c17-12-4-8-14(9-5-12)20-16-11(2-1-3-15(16)18)10-19-13-6-7-13/h1-5,8-9,13,19H,6-7,10H2. The molecule has 0 bridgehead atoms. The van der Waals surface area contributed by atoms with Crippen molar-refractivity contribution in [2.75, 3.05) is 0 Å². The first-order valence-corrected chi connectivity index (χ1v) is 8.27. The summed E-state index contributed by atoms with van der Waals surface area (Å²) in [5.41, 5.74) is 1.03. The van der Waals surface area contributed by atoms with E-state index in [9.17, 15) is 4.39 Å². The lowest BCUT2D eigenvalue weighted by atomic mass is 10.2. The second kappa shape index (κ2) is 6.29. The molecule has 0 radical (unpaired) electrons. The molecule has 20 heavy (non-hydrogen) atoms. The fourth-order valence-corrected chi connectivity index (χ4v) is 3.18. The van der Waals surface area contributed by atoms with Crippen molar-refractivity contribution in [2.24, 2.45) is 0 Å². The van der Waals surface area contributed by atoms with Crippen molar-refractivity contribution in [2.45, 2.75) is 35.2 Å². The van der Waals surface area contributed by atoms with E-state index in [1.165, 1.54) is 30.7 Å². The van der Waals surface area contributed by atoms with Crippen molar-refractivity contribution < 1.29 is 4.39 Å². The van der Waals surface area contributed by atoms with Crippen LogP contribution in [0.1, 0.15) is 18.4 Å². The molecule has 2 aromatic carbocycles. The zero-order chi connectivity index (χ0) is 13.9. The SMILES string of the molecule is Fc1cccc(CNC2CC2)c1Sc1ccc(Br)cc1. The highest BCUT2D eigenvalue weighted by Crippen LogP contribution is 2.33. The molecule has 1 aliphatic rings. The Morgan fingerprint density at radius 3 is 2.60 bits per heavy atom. The summed E-state index contributed by atoms with van der Waals surface area (Å²) in [7, 11) is 0. The van der Waals surface area contributed by atoms with Crippen LogP contribution in [-0.4, -0.2) is 6.04 Å². The van der Waals surface area contributed by atoms with E-state index >= 15 is 0 Å². The van der Waals surface area contributed by atoms with Gasteiger partial charge in [0.2, 0.25) is 0 Å². The minimum Gasteiger partial charge on any atom is -0.310 e. The highest BCUT2D eigenvalue weighted by atomic mass is 79.9. The second-order valence-corrected chi connectivity index (χ2v) is 6.94. The fourth-order valence-electron chi connectivity index (χ4n) is 1.97. The number of halogens is 2. The van der Waals surface area contributed by atoms with Gasteiger partial charge < -0.3 is 5.32 Å². The normalized spacial score (nSPS) is 14.5. The molecule has 1 saturated carbocycles. The molecule has 3 rings (SSSR count). The third-order valence-corrected chi connectivity index (χ3v) is 4.94. The molecule has 104 valence electrons. The first-order chi connectivity index (χ1) is 9.72. The predicted molar refractivity (Wildman–Crippen MR) is 84.5 cm³/mol. The molecule has 2 aromatic rings.